The van der Waals surface area contributed by atoms with Crippen molar-refractivity contribution in [3.05, 3.63) is 46.1 Å². The highest BCUT2D eigenvalue weighted by molar-refractivity contribution is 9.10. The summed E-state index contributed by atoms with van der Waals surface area (Å²) in [6.45, 7) is 1.90. The van der Waals surface area contributed by atoms with Crippen LogP contribution in [0.2, 0.25) is 0 Å². The second-order valence-electron chi connectivity index (χ2n) is 5.28. The van der Waals surface area contributed by atoms with Gasteiger partial charge >= 0.3 is 0 Å². The molecule has 1 N–H and O–H groups in total. The van der Waals surface area contributed by atoms with Gasteiger partial charge in [0.05, 0.1) is 17.7 Å². The highest BCUT2D eigenvalue weighted by atomic mass is 79.9. The number of aliphatic hydroxyl groups is 1. The van der Waals surface area contributed by atoms with Crippen LogP contribution in [0.1, 0.15) is 24.4 Å². The van der Waals surface area contributed by atoms with Crippen molar-refractivity contribution in [1.82, 2.24) is 9.97 Å². The van der Waals surface area contributed by atoms with E-state index < -0.39 is 0 Å². The van der Waals surface area contributed by atoms with Gasteiger partial charge in [-0.1, -0.05) is 15.9 Å². The van der Waals surface area contributed by atoms with Crippen molar-refractivity contribution in [2.24, 2.45) is 0 Å². The smallest absolute Gasteiger partial charge is 0.137 e. The van der Waals surface area contributed by atoms with Crippen LogP contribution in [0.15, 0.2) is 28.7 Å². The average molecular weight is 337 g/mol. The summed E-state index contributed by atoms with van der Waals surface area (Å²) < 4.78 is 14.8. The van der Waals surface area contributed by atoms with Crippen LogP contribution in [-0.4, -0.2) is 21.7 Å². The van der Waals surface area contributed by atoms with E-state index in [1.807, 2.05) is 6.92 Å². The summed E-state index contributed by atoms with van der Waals surface area (Å²) in [5.74, 6) is 0.306. The van der Waals surface area contributed by atoms with E-state index >= 15 is 0 Å². The molecule has 0 saturated heterocycles. The third-order valence-electron chi connectivity index (χ3n) is 3.69. The molecular weight excluding hydrogens is 323 g/mol. The Balaban J connectivity index is 2.12. The van der Waals surface area contributed by atoms with Gasteiger partial charge in [0, 0.05) is 15.7 Å². The molecule has 1 saturated carbocycles. The molecular formula is C15H14BrFN2O. The Morgan fingerprint density at radius 2 is 2.05 bits per heavy atom. The topological polar surface area (TPSA) is 46.0 Å². The normalized spacial score (nSPS) is 16.2. The minimum Gasteiger partial charge on any atom is -0.395 e. The number of rotatable bonds is 3. The van der Waals surface area contributed by atoms with Crippen molar-refractivity contribution < 1.29 is 9.50 Å². The van der Waals surface area contributed by atoms with Gasteiger partial charge in [-0.3, -0.25) is 0 Å². The number of nitrogens with zero attached hydrogens (tertiary/aromatic N) is 2. The maximum absolute atomic E-state index is 14.0. The molecule has 0 atom stereocenters. The van der Waals surface area contributed by atoms with Crippen LogP contribution in [-0.2, 0) is 5.41 Å². The van der Waals surface area contributed by atoms with Gasteiger partial charge in [0.1, 0.15) is 11.6 Å². The Bertz CT molecular complexity index is 671. The lowest BCUT2D eigenvalue weighted by atomic mass is 10.1. The summed E-state index contributed by atoms with van der Waals surface area (Å²) in [5, 5.41) is 9.50. The predicted octanol–water partition coefficient (Wildman–Crippen LogP) is 3.38. The Morgan fingerprint density at radius 3 is 2.70 bits per heavy atom. The summed E-state index contributed by atoms with van der Waals surface area (Å²) in [6.07, 6.45) is 1.76. The average Bonchev–Trinajstić information content (AvgIpc) is 3.22. The van der Waals surface area contributed by atoms with Crippen LogP contribution in [0.5, 0.6) is 0 Å². The summed E-state index contributed by atoms with van der Waals surface area (Å²) in [7, 11) is 0. The van der Waals surface area contributed by atoms with Crippen LogP contribution in [0.25, 0.3) is 11.3 Å². The number of aryl methyl sites for hydroxylation is 1. The van der Waals surface area contributed by atoms with Gasteiger partial charge in [-0.25, -0.2) is 14.4 Å². The fraction of sp³-hybridized carbons (Fsp3) is 0.333. The van der Waals surface area contributed by atoms with E-state index in [1.165, 1.54) is 6.07 Å². The fourth-order valence-corrected chi connectivity index (χ4v) is 2.60. The predicted molar refractivity (Wildman–Crippen MR) is 77.9 cm³/mol. The summed E-state index contributed by atoms with van der Waals surface area (Å²) in [4.78, 5) is 8.89. The van der Waals surface area contributed by atoms with Crippen LogP contribution in [0, 0.1) is 12.7 Å². The zero-order valence-electron chi connectivity index (χ0n) is 11.0. The van der Waals surface area contributed by atoms with Crippen molar-refractivity contribution in [2.45, 2.75) is 25.2 Å². The molecule has 0 aliphatic heterocycles. The van der Waals surface area contributed by atoms with Gasteiger partial charge in [-0.05, 0) is 44.0 Å². The fourth-order valence-electron chi connectivity index (χ4n) is 2.24. The molecule has 0 unspecified atom stereocenters. The van der Waals surface area contributed by atoms with Crippen LogP contribution in [0.4, 0.5) is 4.39 Å². The van der Waals surface area contributed by atoms with Crippen molar-refractivity contribution >= 4 is 15.9 Å². The molecule has 104 valence electrons. The van der Waals surface area contributed by atoms with Gasteiger partial charge in [0.25, 0.3) is 0 Å². The molecule has 1 heterocycles. The van der Waals surface area contributed by atoms with E-state index in [4.69, 9.17) is 0 Å². The van der Waals surface area contributed by atoms with Gasteiger partial charge in [0.2, 0.25) is 0 Å². The molecule has 2 aromatic rings. The number of benzene rings is 1. The summed E-state index contributed by atoms with van der Waals surface area (Å²) >= 11 is 3.35. The standard InChI is InChI=1S/C15H14BrFN2O/c1-9-6-13(11-7-10(16)2-3-12(11)17)19-14(18-9)15(8-20)4-5-15/h2-3,6-7,20H,4-5,8H2,1H3. The van der Waals surface area contributed by atoms with Crippen molar-refractivity contribution in [3.8, 4) is 11.3 Å². The van der Waals surface area contributed by atoms with Gasteiger partial charge in [0.15, 0.2) is 0 Å². The first-order valence-electron chi connectivity index (χ1n) is 6.46. The SMILES string of the molecule is Cc1cc(-c2cc(Br)ccc2F)nc(C2(CO)CC2)n1. The van der Waals surface area contributed by atoms with E-state index in [0.717, 1.165) is 23.0 Å². The second-order valence-corrected chi connectivity index (χ2v) is 6.20. The quantitative estimate of drug-likeness (QED) is 0.934. The zero-order chi connectivity index (χ0) is 14.3. The molecule has 20 heavy (non-hydrogen) atoms. The maximum Gasteiger partial charge on any atom is 0.137 e. The van der Waals surface area contributed by atoms with E-state index in [-0.39, 0.29) is 17.8 Å². The number of hydrogen-bond acceptors (Lipinski definition) is 3. The third kappa shape index (κ3) is 2.36. The lowest BCUT2D eigenvalue weighted by Crippen LogP contribution is -2.17. The first-order valence-corrected chi connectivity index (χ1v) is 7.26. The molecule has 0 amide bonds. The van der Waals surface area contributed by atoms with Crippen LogP contribution >= 0.6 is 15.9 Å². The summed E-state index contributed by atoms with van der Waals surface area (Å²) in [5.41, 5.74) is 1.47. The highest BCUT2D eigenvalue weighted by Gasteiger charge is 2.46. The van der Waals surface area contributed by atoms with Gasteiger partial charge < -0.3 is 5.11 Å². The Labute approximate surface area is 125 Å². The molecule has 1 aromatic heterocycles. The minimum absolute atomic E-state index is 0.0386. The third-order valence-corrected chi connectivity index (χ3v) is 4.18. The Hall–Kier alpha value is -1.33. The lowest BCUT2D eigenvalue weighted by molar-refractivity contribution is 0.249. The van der Waals surface area contributed by atoms with Crippen molar-refractivity contribution in [1.29, 1.82) is 0 Å². The van der Waals surface area contributed by atoms with Gasteiger partial charge in [-0.15, -0.1) is 0 Å². The molecule has 5 heteroatoms. The largest absolute Gasteiger partial charge is 0.395 e. The van der Waals surface area contributed by atoms with E-state index in [0.29, 0.717) is 17.1 Å². The Kier molecular flexibility index (Phi) is 3.34. The molecule has 3 rings (SSSR count). The van der Waals surface area contributed by atoms with Crippen molar-refractivity contribution in [2.75, 3.05) is 6.61 Å². The maximum atomic E-state index is 14.0. The molecule has 0 radical (unpaired) electrons. The molecule has 3 nitrogen and oxygen atoms in total. The van der Waals surface area contributed by atoms with E-state index in [1.54, 1.807) is 18.2 Å². The number of aromatic nitrogens is 2. The Morgan fingerprint density at radius 1 is 1.30 bits per heavy atom. The van der Waals surface area contributed by atoms with Crippen molar-refractivity contribution in [3.63, 3.8) is 0 Å². The number of hydrogen-bond donors (Lipinski definition) is 1. The first kappa shape index (κ1) is 13.6. The molecule has 1 fully saturated rings. The molecule has 1 aliphatic rings. The van der Waals surface area contributed by atoms with Crippen LogP contribution < -0.4 is 0 Å². The van der Waals surface area contributed by atoms with E-state index in [9.17, 15) is 9.50 Å². The molecule has 0 spiro atoms. The summed E-state index contributed by atoms with van der Waals surface area (Å²) in [6, 6.07) is 6.54. The monoisotopic (exact) mass is 336 g/mol. The number of halogens is 2. The lowest BCUT2D eigenvalue weighted by Gasteiger charge is -2.13. The molecule has 0 bridgehead atoms. The highest BCUT2D eigenvalue weighted by Crippen LogP contribution is 2.46. The molecule has 1 aliphatic carbocycles. The number of aliphatic hydroxyl groups excluding tert-OH is 1. The minimum atomic E-state index is -0.316. The second kappa shape index (κ2) is 4.90. The molecule has 1 aromatic carbocycles. The van der Waals surface area contributed by atoms with E-state index in [2.05, 4.69) is 25.9 Å². The van der Waals surface area contributed by atoms with Crippen LogP contribution in [0.3, 0.4) is 0 Å². The zero-order valence-corrected chi connectivity index (χ0v) is 12.6. The van der Waals surface area contributed by atoms with Gasteiger partial charge in [-0.2, -0.15) is 0 Å². The first-order chi connectivity index (χ1) is 9.54.